The molecule has 0 spiro atoms. The van der Waals surface area contributed by atoms with Crippen molar-refractivity contribution in [3.63, 3.8) is 0 Å². The fraction of sp³-hybridized carbons (Fsp3) is 0.500. The number of benzene rings is 1. The van der Waals surface area contributed by atoms with Crippen molar-refractivity contribution in [2.45, 2.75) is 31.2 Å². The van der Waals surface area contributed by atoms with Crippen molar-refractivity contribution in [1.82, 2.24) is 25.3 Å². The summed E-state index contributed by atoms with van der Waals surface area (Å²) in [5.41, 5.74) is 2.11. The van der Waals surface area contributed by atoms with Crippen molar-refractivity contribution in [3.8, 4) is 0 Å². The normalized spacial score (nSPS) is 22.6. The second kappa shape index (κ2) is 8.78. The first-order valence-corrected chi connectivity index (χ1v) is 10.4. The predicted octanol–water partition coefficient (Wildman–Crippen LogP) is 1.07. The molecule has 1 unspecified atom stereocenters. The molecule has 0 saturated carbocycles. The van der Waals surface area contributed by atoms with Crippen molar-refractivity contribution >= 4 is 11.8 Å². The number of likely N-dealkylation sites (tertiary alicyclic amines) is 1. The minimum Gasteiger partial charge on any atom is -0.344 e. The van der Waals surface area contributed by atoms with Gasteiger partial charge in [-0.25, -0.2) is 0 Å². The lowest BCUT2D eigenvalue weighted by atomic mass is 9.90. The van der Waals surface area contributed by atoms with Crippen LogP contribution in [0.2, 0.25) is 0 Å². The lowest BCUT2D eigenvalue weighted by Crippen LogP contribution is -2.51. The van der Waals surface area contributed by atoms with Gasteiger partial charge in [-0.3, -0.25) is 14.3 Å². The third kappa shape index (κ3) is 4.50. The van der Waals surface area contributed by atoms with Gasteiger partial charge in [0.05, 0.1) is 12.1 Å². The zero-order valence-electron chi connectivity index (χ0n) is 16.9. The first-order valence-electron chi connectivity index (χ1n) is 10.4. The first-order chi connectivity index (χ1) is 14.1. The van der Waals surface area contributed by atoms with E-state index in [0.717, 1.165) is 43.6 Å². The van der Waals surface area contributed by atoms with E-state index in [0.29, 0.717) is 13.0 Å². The Hall–Kier alpha value is -2.67. The largest absolute Gasteiger partial charge is 0.344 e. The van der Waals surface area contributed by atoms with E-state index in [1.807, 2.05) is 54.7 Å². The number of aromatic nitrogens is 2. The van der Waals surface area contributed by atoms with Gasteiger partial charge in [-0.15, -0.1) is 0 Å². The molecule has 0 bridgehead atoms. The molecule has 2 N–H and O–H groups in total. The Kier molecular flexibility index (Phi) is 5.94. The maximum absolute atomic E-state index is 13.2. The monoisotopic (exact) mass is 395 g/mol. The zero-order valence-corrected chi connectivity index (χ0v) is 16.9. The van der Waals surface area contributed by atoms with Crippen molar-refractivity contribution in [2.24, 2.45) is 13.0 Å². The predicted molar refractivity (Wildman–Crippen MR) is 110 cm³/mol. The van der Waals surface area contributed by atoms with Gasteiger partial charge in [-0.1, -0.05) is 30.3 Å². The lowest BCUT2D eigenvalue weighted by Gasteiger charge is -2.26. The van der Waals surface area contributed by atoms with Crippen LogP contribution in [0.1, 0.15) is 29.9 Å². The fourth-order valence-electron chi connectivity index (χ4n) is 4.42. The number of carbonyl (C=O) groups is 2. The molecule has 4 rings (SSSR count). The summed E-state index contributed by atoms with van der Waals surface area (Å²) < 4.78 is 1.76. The molecule has 1 aromatic heterocycles. The number of aryl methyl sites for hydroxylation is 1. The number of amides is 2. The smallest absolute Gasteiger partial charge is 0.245 e. The highest BCUT2D eigenvalue weighted by Gasteiger charge is 2.37. The van der Waals surface area contributed by atoms with Crippen molar-refractivity contribution < 1.29 is 9.59 Å². The molecule has 7 heteroatoms. The van der Waals surface area contributed by atoms with Crippen LogP contribution in [0.3, 0.4) is 0 Å². The third-order valence-electron chi connectivity index (χ3n) is 6.02. The van der Waals surface area contributed by atoms with E-state index in [4.69, 9.17) is 0 Å². The second-order valence-electron chi connectivity index (χ2n) is 8.10. The van der Waals surface area contributed by atoms with E-state index in [-0.39, 0.29) is 23.7 Å². The molecule has 3 heterocycles. The molecule has 3 atom stereocenters. The highest BCUT2D eigenvalue weighted by atomic mass is 16.2. The van der Waals surface area contributed by atoms with Gasteiger partial charge in [0, 0.05) is 51.8 Å². The Morgan fingerprint density at radius 2 is 1.97 bits per heavy atom. The van der Waals surface area contributed by atoms with Gasteiger partial charge in [0.15, 0.2) is 0 Å². The molecule has 2 aliphatic rings. The molecule has 2 saturated heterocycles. The summed E-state index contributed by atoms with van der Waals surface area (Å²) in [6, 6.07) is 9.38. The Morgan fingerprint density at radius 1 is 1.21 bits per heavy atom. The number of carbonyl (C=O) groups excluding carboxylic acids is 2. The highest BCUT2D eigenvalue weighted by molar-refractivity contribution is 5.89. The van der Waals surface area contributed by atoms with Crippen LogP contribution < -0.4 is 10.6 Å². The molecule has 1 aromatic carbocycles. The summed E-state index contributed by atoms with van der Waals surface area (Å²) in [6.07, 6.45) is 6.38. The van der Waals surface area contributed by atoms with E-state index in [1.54, 1.807) is 4.68 Å². The van der Waals surface area contributed by atoms with Crippen molar-refractivity contribution in [3.05, 3.63) is 53.9 Å². The topological polar surface area (TPSA) is 79.3 Å². The Balaban J connectivity index is 1.49. The molecule has 2 aromatic rings. The van der Waals surface area contributed by atoms with Gasteiger partial charge in [-0.2, -0.15) is 5.10 Å². The van der Waals surface area contributed by atoms with Gasteiger partial charge in [0.25, 0.3) is 0 Å². The number of nitrogens with one attached hydrogen (secondary N) is 2. The second-order valence-corrected chi connectivity index (χ2v) is 8.10. The Morgan fingerprint density at radius 3 is 2.66 bits per heavy atom. The summed E-state index contributed by atoms with van der Waals surface area (Å²) in [7, 11) is 1.88. The molecule has 154 valence electrons. The van der Waals surface area contributed by atoms with Crippen LogP contribution in [0.5, 0.6) is 0 Å². The minimum atomic E-state index is -0.529. The third-order valence-corrected chi connectivity index (χ3v) is 6.02. The SMILES string of the molecule is Cn1cc([C@H]2CNC[C@@H]2C(=O)NC(Cc2ccccc2)C(=O)N2CCCC2)cn1. The Bertz CT molecular complexity index is 844. The van der Waals surface area contributed by atoms with Gasteiger partial charge in [-0.05, 0) is 24.0 Å². The molecule has 2 aliphatic heterocycles. The van der Waals surface area contributed by atoms with Crippen LogP contribution in [-0.4, -0.2) is 58.7 Å². The maximum atomic E-state index is 13.2. The van der Waals surface area contributed by atoms with Gasteiger partial charge in [0.1, 0.15) is 6.04 Å². The summed E-state index contributed by atoms with van der Waals surface area (Å²) in [5.74, 6) is -0.160. The highest BCUT2D eigenvalue weighted by Crippen LogP contribution is 2.28. The molecule has 29 heavy (non-hydrogen) atoms. The summed E-state index contributed by atoms with van der Waals surface area (Å²) in [4.78, 5) is 28.2. The number of rotatable bonds is 6. The average molecular weight is 396 g/mol. The maximum Gasteiger partial charge on any atom is 0.245 e. The van der Waals surface area contributed by atoms with Crippen LogP contribution in [0, 0.1) is 5.92 Å². The van der Waals surface area contributed by atoms with Gasteiger partial charge in [0.2, 0.25) is 11.8 Å². The number of hydrogen-bond acceptors (Lipinski definition) is 4. The lowest BCUT2D eigenvalue weighted by molar-refractivity contribution is -0.136. The average Bonchev–Trinajstić information content (AvgIpc) is 3.48. The first kappa shape index (κ1) is 19.6. The summed E-state index contributed by atoms with van der Waals surface area (Å²) in [5, 5.41) is 10.7. The van der Waals surface area contributed by atoms with Crippen molar-refractivity contribution in [2.75, 3.05) is 26.2 Å². The standard InChI is InChI=1S/C22H29N5O2/c1-26-15-17(12-24-26)18-13-23-14-19(18)21(28)25-20(11-16-7-3-2-4-8-16)22(29)27-9-5-6-10-27/h2-4,7-8,12,15,18-20,23H,5-6,9-11,13-14H2,1H3,(H,25,28)/t18-,19+,20?/m1/s1. The molecule has 0 radical (unpaired) electrons. The van der Waals surface area contributed by atoms with Gasteiger partial charge < -0.3 is 15.5 Å². The van der Waals surface area contributed by atoms with E-state index in [9.17, 15) is 9.59 Å². The molecular weight excluding hydrogens is 366 g/mol. The zero-order chi connectivity index (χ0) is 20.2. The molecular formula is C22H29N5O2. The number of hydrogen-bond donors (Lipinski definition) is 2. The van der Waals surface area contributed by atoms with Gasteiger partial charge >= 0.3 is 0 Å². The van der Waals surface area contributed by atoms with E-state index in [1.165, 1.54) is 0 Å². The van der Waals surface area contributed by atoms with Crippen LogP contribution in [0.15, 0.2) is 42.7 Å². The molecule has 7 nitrogen and oxygen atoms in total. The van der Waals surface area contributed by atoms with Crippen LogP contribution >= 0.6 is 0 Å². The van der Waals surface area contributed by atoms with Crippen LogP contribution in [-0.2, 0) is 23.1 Å². The van der Waals surface area contributed by atoms with Crippen LogP contribution in [0.25, 0.3) is 0 Å². The van der Waals surface area contributed by atoms with E-state index < -0.39 is 6.04 Å². The Labute approximate surface area is 171 Å². The summed E-state index contributed by atoms with van der Waals surface area (Å²) in [6.45, 7) is 2.92. The fourth-order valence-corrected chi connectivity index (χ4v) is 4.42. The van der Waals surface area contributed by atoms with Crippen molar-refractivity contribution in [1.29, 1.82) is 0 Å². The molecule has 0 aliphatic carbocycles. The van der Waals surface area contributed by atoms with Crippen LogP contribution in [0.4, 0.5) is 0 Å². The number of nitrogens with zero attached hydrogens (tertiary/aromatic N) is 3. The molecule has 2 fully saturated rings. The quantitative estimate of drug-likeness (QED) is 0.767. The molecule has 2 amide bonds. The summed E-state index contributed by atoms with van der Waals surface area (Å²) >= 11 is 0. The van der Waals surface area contributed by atoms with E-state index >= 15 is 0 Å². The van der Waals surface area contributed by atoms with E-state index in [2.05, 4.69) is 15.7 Å². The minimum absolute atomic E-state index is 0.0311.